The molecule has 5 rings (SSSR count). The van der Waals surface area contributed by atoms with Crippen LogP contribution in [0.5, 0.6) is 0 Å². The summed E-state index contributed by atoms with van der Waals surface area (Å²) in [6, 6.07) is 16.9. The molecule has 0 fully saturated rings. The Morgan fingerprint density at radius 2 is 1.89 bits per heavy atom. The van der Waals surface area contributed by atoms with Crippen molar-refractivity contribution < 1.29 is 23.8 Å². The number of ether oxygens (including phenoxy) is 1. The summed E-state index contributed by atoms with van der Waals surface area (Å²) in [4.78, 5) is 43.0. The molecule has 9 heteroatoms. The highest BCUT2D eigenvalue weighted by atomic mass is 32.1. The number of thiazole rings is 1. The Morgan fingerprint density at radius 1 is 1.13 bits per heavy atom. The highest BCUT2D eigenvalue weighted by Gasteiger charge is 2.33. The SMILES string of the molecule is CCOC(=O)C1=C(C)N=c2sc(=Cc3ccc(-c4cccc(C(=O)O)c4)o3)c(=O)n2C1c1ccc(C)cc1. The Morgan fingerprint density at radius 3 is 2.61 bits per heavy atom. The molecule has 1 atom stereocenters. The highest BCUT2D eigenvalue weighted by molar-refractivity contribution is 7.07. The molecule has 0 aliphatic carbocycles. The van der Waals surface area contributed by atoms with E-state index in [2.05, 4.69) is 4.99 Å². The van der Waals surface area contributed by atoms with Crippen molar-refractivity contribution in [2.45, 2.75) is 26.8 Å². The third-order valence-corrected chi connectivity index (χ3v) is 7.19. The smallest absolute Gasteiger partial charge is 0.338 e. The Hall–Kier alpha value is -4.50. The van der Waals surface area contributed by atoms with Crippen LogP contribution in [-0.4, -0.2) is 28.2 Å². The molecule has 0 saturated heterocycles. The zero-order valence-electron chi connectivity index (χ0n) is 20.9. The summed E-state index contributed by atoms with van der Waals surface area (Å²) in [5.41, 5.74) is 3.12. The van der Waals surface area contributed by atoms with Gasteiger partial charge in [-0.2, -0.15) is 0 Å². The van der Waals surface area contributed by atoms with Crippen molar-refractivity contribution in [2.24, 2.45) is 4.99 Å². The molecule has 1 N–H and O–H groups in total. The van der Waals surface area contributed by atoms with Gasteiger partial charge in [0.15, 0.2) is 4.80 Å². The van der Waals surface area contributed by atoms with E-state index in [0.717, 1.165) is 11.1 Å². The van der Waals surface area contributed by atoms with Gasteiger partial charge in [-0.3, -0.25) is 9.36 Å². The molecule has 1 aliphatic rings. The fourth-order valence-electron chi connectivity index (χ4n) is 4.38. The van der Waals surface area contributed by atoms with E-state index in [1.807, 2.05) is 31.2 Å². The maximum Gasteiger partial charge on any atom is 0.338 e. The normalized spacial score (nSPS) is 15.2. The number of allylic oxidation sites excluding steroid dienone is 1. The third kappa shape index (κ3) is 4.64. The van der Waals surface area contributed by atoms with Crippen molar-refractivity contribution in [2.75, 3.05) is 6.61 Å². The van der Waals surface area contributed by atoms with E-state index in [1.165, 1.54) is 28.0 Å². The maximum absolute atomic E-state index is 13.7. The number of carboxylic acid groups (broad SMARTS) is 1. The van der Waals surface area contributed by atoms with Crippen molar-refractivity contribution in [3.8, 4) is 11.3 Å². The molecule has 192 valence electrons. The lowest BCUT2D eigenvalue weighted by Gasteiger charge is -2.24. The van der Waals surface area contributed by atoms with Gasteiger partial charge in [0, 0.05) is 11.6 Å². The van der Waals surface area contributed by atoms with Crippen LogP contribution >= 0.6 is 11.3 Å². The van der Waals surface area contributed by atoms with E-state index in [0.29, 0.717) is 37.7 Å². The van der Waals surface area contributed by atoms with Crippen molar-refractivity contribution >= 4 is 29.4 Å². The number of hydrogen-bond acceptors (Lipinski definition) is 7. The van der Waals surface area contributed by atoms with Gasteiger partial charge in [-0.25, -0.2) is 14.6 Å². The molecule has 0 saturated carbocycles. The number of nitrogens with zero attached hydrogens (tertiary/aromatic N) is 2. The number of carbonyl (C=O) groups excluding carboxylic acids is 1. The van der Waals surface area contributed by atoms with E-state index >= 15 is 0 Å². The minimum atomic E-state index is -1.03. The van der Waals surface area contributed by atoms with Gasteiger partial charge in [0.25, 0.3) is 5.56 Å². The van der Waals surface area contributed by atoms with Crippen LogP contribution in [0.4, 0.5) is 0 Å². The van der Waals surface area contributed by atoms with Crippen LogP contribution in [0.3, 0.4) is 0 Å². The second-order valence-corrected chi connectivity index (χ2v) is 9.81. The van der Waals surface area contributed by atoms with Crippen LogP contribution in [0.15, 0.2) is 86.1 Å². The number of hydrogen-bond donors (Lipinski definition) is 1. The Labute approximate surface area is 221 Å². The average Bonchev–Trinajstić information content (AvgIpc) is 3.48. The number of carboxylic acids is 1. The molecule has 0 amide bonds. The Balaban J connectivity index is 1.61. The molecule has 1 unspecified atom stereocenters. The molecule has 0 radical (unpaired) electrons. The van der Waals surface area contributed by atoms with Gasteiger partial charge in [-0.1, -0.05) is 53.3 Å². The van der Waals surface area contributed by atoms with Crippen LogP contribution in [0.1, 0.15) is 47.1 Å². The largest absolute Gasteiger partial charge is 0.478 e. The second kappa shape index (κ2) is 10.1. The van der Waals surface area contributed by atoms with E-state index < -0.39 is 18.0 Å². The van der Waals surface area contributed by atoms with Gasteiger partial charge in [0.2, 0.25) is 0 Å². The lowest BCUT2D eigenvalue weighted by atomic mass is 9.95. The molecule has 2 aromatic carbocycles. The zero-order chi connectivity index (χ0) is 27.0. The Bertz CT molecular complexity index is 1770. The molecule has 8 nitrogen and oxygen atoms in total. The monoisotopic (exact) mass is 528 g/mol. The van der Waals surface area contributed by atoms with E-state index in [9.17, 15) is 19.5 Å². The van der Waals surface area contributed by atoms with Gasteiger partial charge in [0.05, 0.1) is 34.0 Å². The quantitative estimate of drug-likeness (QED) is 0.378. The topological polar surface area (TPSA) is 111 Å². The molecule has 4 aromatic rings. The number of carbonyl (C=O) groups is 2. The van der Waals surface area contributed by atoms with Crippen molar-refractivity contribution in [3.63, 3.8) is 0 Å². The number of aryl methyl sites for hydroxylation is 1. The van der Waals surface area contributed by atoms with Crippen molar-refractivity contribution in [1.82, 2.24) is 4.57 Å². The van der Waals surface area contributed by atoms with Crippen molar-refractivity contribution in [1.29, 1.82) is 0 Å². The molecule has 2 aromatic heterocycles. The molecule has 0 spiro atoms. The first-order chi connectivity index (χ1) is 18.3. The molecule has 3 heterocycles. The predicted molar refractivity (Wildman–Crippen MR) is 143 cm³/mol. The summed E-state index contributed by atoms with van der Waals surface area (Å²) >= 11 is 1.20. The minimum absolute atomic E-state index is 0.151. The van der Waals surface area contributed by atoms with Gasteiger partial charge in [-0.05, 0) is 50.6 Å². The number of fused-ring (bicyclic) bond motifs is 1. The molecular weight excluding hydrogens is 504 g/mol. The number of benzene rings is 2. The van der Waals surface area contributed by atoms with Gasteiger partial charge in [-0.15, -0.1) is 0 Å². The second-order valence-electron chi connectivity index (χ2n) is 8.80. The van der Waals surface area contributed by atoms with Crippen molar-refractivity contribution in [3.05, 3.63) is 114 Å². The molecule has 0 bridgehead atoms. The lowest BCUT2D eigenvalue weighted by Crippen LogP contribution is -2.39. The fourth-order valence-corrected chi connectivity index (χ4v) is 5.40. The number of esters is 1. The average molecular weight is 529 g/mol. The Kier molecular flexibility index (Phi) is 6.69. The van der Waals surface area contributed by atoms with E-state index in [-0.39, 0.29) is 17.7 Å². The first-order valence-corrected chi connectivity index (χ1v) is 12.8. The number of aromatic nitrogens is 1. The maximum atomic E-state index is 13.7. The predicted octanol–water partition coefficient (Wildman–Crippen LogP) is 4.06. The summed E-state index contributed by atoms with van der Waals surface area (Å²) in [5, 5.41) is 9.27. The summed E-state index contributed by atoms with van der Waals surface area (Å²) in [7, 11) is 0. The summed E-state index contributed by atoms with van der Waals surface area (Å²) in [6.07, 6.45) is 1.63. The number of rotatable bonds is 6. The van der Waals surface area contributed by atoms with Gasteiger partial charge in [0.1, 0.15) is 11.5 Å². The summed E-state index contributed by atoms with van der Waals surface area (Å²) in [6.45, 7) is 5.66. The number of aromatic carboxylic acids is 1. The first-order valence-electron chi connectivity index (χ1n) is 12.0. The van der Waals surface area contributed by atoms with Gasteiger partial charge < -0.3 is 14.3 Å². The molecule has 38 heavy (non-hydrogen) atoms. The van der Waals surface area contributed by atoms with Crippen LogP contribution in [0.2, 0.25) is 0 Å². The van der Waals surface area contributed by atoms with Gasteiger partial charge >= 0.3 is 11.9 Å². The summed E-state index contributed by atoms with van der Waals surface area (Å²) in [5.74, 6) is -0.627. The minimum Gasteiger partial charge on any atom is -0.478 e. The number of furan rings is 1. The van der Waals surface area contributed by atoms with Crippen LogP contribution in [-0.2, 0) is 9.53 Å². The van der Waals surface area contributed by atoms with Crippen LogP contribution in [0.25, 0.3) is 17.4 Å². The lowest BCUT2D eigenvalue weighted by molar-refractivity contribution is -0.139. The summed E-state index contributed by atoms with van der Waals surface area (Å²) < 4.78 is 13.2. The van der Waals surface area contributed by atoms with Crippen LogP contribution in [0, 0.1) is 6.92 Å². The first kappa shape index (κ1) is 25.2. The third-order valence-electron chi connectivity index (χ3n) is 6.20. The molecule has 1 aliphatic heterocycles. The molecular formula is C29H24N2O6S. The zero-order valence-corrected chi connectivity index (χ0v) is 21.7. The van der Waals surface area contributed by atoms with Crippen LogP contribution < -0.4 is 14.9 Å². The van der Waals surface area contributed by atoms with E-state index in [1.54, 1.807) is 44.2 Å². The highest BCUT2D eigenvalue weighted by Crippen LogP contribution is 2.31. The fraction of sp³-hybridized carbons (Fsp3) is 0.172. The standard InChI is InChI=1S/C29H24N2O6S/c1-4-36-28(35)24-17(3)30-29-31(25(24)18-10-8-16(2)9-11-18)26(32)23(38-29)15-21-12-13-22(37-21)19-6-5-7-20(14-19)27(33)34/h5-15,25H,4H2,1-3H3,(H,33,34). The van der Waals surface area contributed by atoms with E-state index in [4.69, 9.17) is 9.15 Å².